The highest BCUT2D eigenvalue weighted by atomic mass is 79.9. The molecule has 2 aliphatic rings. The summed E-state index contributed by atoms with van der Waals surface area (Å²) < 4.78 is 6.04. The molecule has 2 aromatic carbocycles. The van der Waals surface area contributed by atoms with Gasteiger partial charge in [-0.25, -0.2) is 0 Å². The van der Waals surface area contributed by atoms with Gasteiger partial charge in [-0.1, -0.05) is 22.0 Å². The van der Waals surface area contributed by atoms with E-state index in [1.165, 1.54) is 0 Å². The van der Waals surface area contributed by atoms with Crippen molar-refractivity contribution in [1.29, 1.82) is 0 Å². The third-order valence-electron chi connectivity index (χ3n) is 3.79. The molecule has 0 saturated carbocycles. The second kappa shape index (κ2) is 6.42. The standard InChI is InChI=1S/C9H9NO2.C8H6BrNO/c1-12-7-2-3-8-6(4-7)5-10-9(8)11;9-7-3-1-2-5-6(7)4-10-8(5)11/h2-4H,5H2,1H3,(H,10,11);1-3H,4H2,(H,10,11). The molecular formula is C17H15BrN2O3. The Balaban J connectivity index is 0.000000136. The lowest BCUT2D eigenvalue weighted by molar-refractivity contribution is 0.0957. The van der Waals surface area contributed by atoms with Crippen molar-refractivity contribution in [3.63, 3.8) is 0 Å². The van der Waals surface area contributed by atoms with Gasteiger partial charge in [-0.3, -0.25) is 9.59 Å². The van der Waals surface area contributed by atoms with Gasteiger partial charge in [0, 0.05) is 28.7 Å². The maximum atomic E-state index is 11.1. The number of methoxy groups -OCH3 is 1. The Morgan fingerprint density at radius 3 is 2.48 bits per heavy atom. The summed E-state index contributed by atoms with van der Waals surface area (Å²) in [7, 11) is 1.62. The smallest absolute Gasteiger partial charge is 0.251 e. The minimum absolute atomic E-state index is 0.00709. The van der Waals surface area contributed by atoms with E-state index in [9.17, 15) is 9.59 Å². The molecule has 0 radical (unpaired) electrons. The summed E-state index contributed by atoms with van der Waals surface area (Å²) in [6.45, 7) is 1.26. The van der Waals surface area contributed by atoms with Crippen LogP contribution in [0.3, 0.4) is 0 Å². The predicted molar refractivity (Wildman–Crippen MR) is 89.5 cm³/mol. The first-order chi connectivity index (χ1) is 11.1. The van der Waals surface area contributed by atoms with E-state index in [2.05, 4.69) is 26.6 Å². The molecule has 5 nitrogen and oxygen atoms in total. The van der Waals surface area contributed by atoms with Crippen LogP contribution in [0.1, 0.15) is 31.8 Å². The summed E-state index contributed by atoms with van der Waals surface area (Å²) >= 11 is 3.38. The second-order valence-electron chi connectivity index (χ2n) is 5.15. The fraction of sp³-hybridized carbons (Fsp3) is 0.176. The van der Waals surface area contributed by atoms with Crippen molar-refractivity contribution in [2.24, 2.45) is 0 Å². The van der Waals surface area contributed by atoms with Crippen molar-refractivity contribution in [3.05, 3.63) is 63.1 Å². The molecule has 0 unspecified atom stereocenters. The average Bonchev–Trinajstić information content (AvgIpc) is 3.13. The van der Waals surface area contributed by atoms with Gasteiger partial charge in [0.2, 0.25) is 0 Å². The van der Waals surface area contributed by atoms with Gasteiger partial charge in [0.05, 0.1) is 7.11 Å². The van der Waals surface area contributed by atoms with Gasteiger partial charge in [-0.05, 0) is 41.5 Å². The van der Waals surface area contributed by atoms with Crippen LogP contribution in [-0.4, -0.2) is 18.9 Å². The normalized spacial score (nSPS) is 14.2. The Morgan fingerprint density at radius 2 is 1.74 bits per heavy atom. The number of hydrogen-bond acceptors (Lipinski definition) is 3. The Bertz CT molecular complexity index is 789. The summed E-state index contributed by atoms with van der Waals surface area (Å²) in [5.41, 5.74) is 3.63. The zero-order chi connectivity index (χ0) is 16.4. The van der Waals surface area contributed by atoms with Crippen molar-refractivity contribution < 1.29 is 14.3 Å². The number of fused-ring (bicyclic) bond motifs is 2. The summed E-state index contributed by atoms with van der Waals surface area (Å²) in [5.74, 6) is 0.833. The summed E-state index contributed by atoms with van der Waals surface area (Å²) in [6.07, 6.45) is 0. The van der Waals surface area contributed by atoms with Crippen LogP contribution in [0.4, 0.5) is 0 Å². The van der Waals surface area contributed by atoms with E-state index in [-0.39, 0.29) is 11.8 Å². The lowest BCUT2D eigenvalue weighted by Gasteiger charge is -2.00. The van der Waals surface area contributed by atoms with Gasteiger partial charge in [0.1, 0.15) is 5.75 Å². The number of carbonyl (C=O) groups excluding carboxylic acids is 2. The molecule has 2 N–H and O–H groups in total. The SMILES string of the molecule is COc1ccc2c(c1)CNC2=O.O=C1NCc2c(Br)cccc21. The third kappa shape index (κ3) is 3.07. The number of nitrogens with one attached hydrogen (secondary N) is 2. The summed E-state index contributed by atoms with van der Waals surface area (Å²) in [6, 6.07) is 11.1. The number of halogens is 1. The lowest BCUT2D eigenvalue weighted by Crippen LogP contribution is -2.12. The zero-order valence-corrected chi connectivity index (χ0v) is 14.1. The van der Waals surface area contributed by atoms with Crippen LogP contribution in [0.2, 0.25) is 0 Å². The Morgan fingerprint density at radius 1 is 1.00 bits per heavy atom. The highest BCUT2D eigenvalue weighted by Crippen LogP contribution is 2.24. The molecule has 2 aliphatic heterocycles. The summed E-state index contributed by atoms with van der Waals surface area (Å²) in [4.78, 5) is 22.2. The van der Waals surface area contributed by atoms with E-state index >= 15 is 0 Å². The topological polar surface area (TPSA) is 67.4 Å². The van der Waals surface area contributed by atoms with E-state index in [0.717, 1.165) is 32.5 Å². The van der Waals surface area contributed by atoms with Gasteiger partial charge >= 0.3 is 0 Å². The van der Waals surface area contributed by atoms with Crippen molar-refractivity contribution in [2.75, 3.05) is 7.11 Å². The zero-order valence-electron chi connectivity index (χ0n) is 12.5. The van der Waals surface area contributed by atoms with Crippen molar-refractivity contribution in [1.82, 2.24) is 10.6 Å². The molecular weight excluding hydrogens is 360 g/mol. The molecule has 0 aliphatic carbocycles. The van der Waals surface area contributed by atoms with E-state index in [1.807, 2.05) is 24.3 Å². The first kappa shape index (κ1) is 15.6. The van der Waals surface area contributed by atoms with Crippen LogP contribution >= 0.6 is 15.9 Å². The van der Waals surface area contributed by atoms with Gasteiger partial charge < -0.3 is 15.4 Å². The van der Waals surface area contributed by atoms with Crippen molar-refractivity contribution in [2.45, 2.75) is 13.1 Å². The van der Waals surface area contributed by atoms with E-state index in [1.54, 1.807) is 19.2 Å². The molecule has 23 heavy (non-hydrogen) atoms. The predicted octanol–water partition coefficient (Wildman–Crippen LogP) is 2.63. The van der Waals surface area contributed by atoms with Crippen LogP contribution in [0.15, 0.2) is 40.9 Å². The van der Waals surface area contributed by atoms with E-state index in [0.29, 0.717) is 13.1 Å². The first-order valence-electron chi connectivity index (χ1n) is 7.11. The number of rotatable bonds is 1. The Labute approximate surface area is 142 Å². The fourth-order valence-corrected chi connectivity index (χ4v) is 3.06. The van der Waals surface area contributed by atoms with Gasteiger partial charge in [-0.15, -0.1) is 0 Å². The van der Waals surface area contributed by atoms with Gasteiger partial charge in [0.15, 0.2) is 0 Å². The minimum atomic E-state index is 0.00709. The largest absolute Gasteiger partial charge is 0.497 e. The quantitative estimate of drug-likeness (QED) is 0.806. The number of hydrogen-bond donors (Lipinski definition) is 2. The second-order valence-corrected chi connectivity index (χ2v) is 6.01. The fourth-order valence-electron chi connectivity index (χ4n) is 2.55. The van der Waals surface area contributed by atoms with Crippen molar-refractivity contribution >= 4 is 27.7 Å². The maximum absolute atomic E-state index is 11.1. The average molecular weight is 375 g/mol. The lowest BCUT2D eigenvalue weighted by atomic mass is 10.1. The van der Waals surface area contributed by atoms with Gasteiger partial charge in [-0.2, -0.15) is 0 Å². The molecule has 0 aromatic heterocycles. The molecule has 0 spiro atoms. The molecule has 0 saturated heterocycles. The van der Waals surface area contributed by atoms with Gasteiger partial charge in [0.25, 0.3) is 11.8 Å². The first-order valence-corrected chi connectivity index (χ1v) is 7.90. The summed E-state index contributed by atoms with van der Waals surface area (Å²) in [5, 5.41) is 5.50. The molecule has 2 heterocycles. The van der Waals surface area contributed by atoms with Crippen LogP contribution < -0.4 is 15.4 Å². The Kier molecular flexibility index (Phi) is 4.34. The highest BCUT2D eigenvalue weighted by molar-refractivity contribution is 9.10. The van der Waals surface area contributed by atoms with Crippen LogP contribution in [0.25, 0.3) is 0 Å². The molecule has 118 valence electrons. The highest BCUT2D eigenvalue weighted by Gasteiger charge is 2.20. The number of carbonyl (C=O) groups is 2. The van der Waals surface area contributed by atoms with Crippen LogP contribution in [0.5, 0.6) is 5.75 Å². The molecule has 0 bridgehead atoms. The molecule has 2 aromatic rings. The molecule has 0 fully saturated rings. The number of benzene rings is 2. The van der Waals surface area contributed by atoms with E-state index in [4.69, 9.17) is 4.74 Å². The molecule has 0 atom stereocenters. The monoisotopic (exact) mass is 374 g/mol. The Hall–Kier alpha value is -2.34. The third-order valence-corrected chi connectivity index (χ3v) is 4.53. The molecule has 6 heteroatoms. The minimum Gasteiger partial charge on any atom is -0.497 e. The van der Waals surface area contributed by atoms with Crippen molar-refractivity contribution in [3.8, 4) is 5.75 Å². The number of amides is 2. The number of ether oxygens (including phenoxy) is 1. The van der Waals surface area contributed by atoms with Crippen LogP contribution in [0, 0.1) is 0 Å². The molecule has 4 rings (SSSR count). The molecule has 2 amide bonds. The maximum Gasteiger partial charge on any atom is 0.251 e. The van der Waals surface area contributed by atoms with Crippen LogP contribution in [-0.2, 0) is 13.1 Å². The van der Waals surface area contributed by atoms with E-state index < -0.39 is 0 Å².